The summed E-state index contributed by atoms with van der Waals surface area (Å²) in [6, 6.07) is 3.71. The van der Waals surface area contributed by atoms with E-state index in [1.165, 1.54) is 12.8 Å². The van der Waals surface area contributed by atoms with Crippen LogP contribution in [0.5, 0.6) is 11.5 Å². The SMILES string of the molecule is COc1cc(C2(C(=O)O)CCC2)c(Br)cc1OC1CCCC1. The van der Waals surface area contributed by atoms with E-state index < -0.39 is 11.4 Å². The van der Waals surface area contributed by atoms with E-state index in [1.54, 1.807) is 7.11 Å². The Kier molecular flexibility index (Phi) is 4.35. The highest BCUT2D eigenvalue weighted by atomic mass is 79.9. The molecule has 5 heteroatoms. The molecular weight excluding hydrogens is 348 g/mol. The van der Waals surface area contributed by atoms with Gasteiger partial charge in [-0.1, -0.05) is 22.4 Å². The number of hydrogen-bond acceptors (Lipinski definition) is 3. The van der Waals surface area contributed by atoms with Gasteiger partial charge in [-0.2, -0.15) is 0 Å². The van der Waals surface area contributed by atoms with Crippen molar-refractivity contribution < 1.29 is 19.4 Å². The van der Waals surface area contributed by atoms with Crippen LogP contribution in [-0.2, 0) is 10.2 Å². The molecule has 1 N–H and O–H groups in total. The van der Waals surface area contributed by atoms with Crippen molar-refractivity contribution in [1.29, 1.82) is 0 Å². The van der Waals surface area contributed by atoms with Crippen LogP contribution in [-0.4, -0.2) is 24.3 Å². The summed E-state index contributed by atoms with van der Waals surface area (Å²) < 4.78 is 12.3. The molecule has 2 aliphatic carbocycles. The first-order valence-electron chi connectivity index (χ1n) is 7.85. The Labute approximate surface area is 138 Å². The Morgan fingerprint density at radius 3 is 2.41 bits per heavy atom. The number of carboxylic acid groups (broad SMARTS) is 1. The summed E-state index contributed by atoms with van der Waals surface area (Å²) in [6.07, 6.45) is 7.08. The van der Waals surface area contributed by atoms with Crippen LogP contribution in [0.2, 0.25) is 0 Å². The van der Waals surface area contributed by atoms with Gasteiger partial charge in [-0.15, -0.1) is 0 Å². The van der Waals surface area contributed by atoms with Gasteiger partial charge in [0.05, 0.1) is 18.6 Å². The quantitative estimate of drug-likeness (QED) is 0.842. The molecule has 0 atom stereocenters. The molecule has 0 radical (unpaired) electrons. The molecule has 3 rings (SSSR count). The summed E-state index contributed by atoms with van der Waals surface area (Å²) in [7, 11) is 1.60. The second-order valence-electron chi connectivity index (χ2n) is 6.25. The lowest BCUT2D eigenvalue weighted by Crippen LogP contribution is -2.42. The summed E-state index contributed by atoms with van der Waals surface area (Å²) in [5.41, 5.74) is 0.0136. The maximum atomic E-state index is 11.7. The van der Waals surface area contributed by atoms with Gasteiger partial charge in [0.2, 0.25) is 0 Å². The van der Waals surface area contributed by atoms with E-state index in [-0.39, 0.29) is 6.10 Å². The number of benzene rings is 1. The highest BCUT2D eigenvalue weighted by Gasteiger charge is 2.47. The summed E-state index contributed by atoms with van der Waals surface area (Å²) in [5.74, 6) is 0.563. The third-order valence-electron chi connectivity index (χ3n) is 4.98. The predicted molar refractivity (Wildman–Crippen MR) is 86.7 cm³/mol. The molecule has 2 fully saturated rings. The molecule has 120 valence electrons. The molecule has 4 nitrogen and oxygen atoms in total. The summed E-state index contributed by atoms with van der Waals surface area (Å²) in [5, 5.41) is 9.63. The van der Waals surface area contributed by atoms with E-state index in [0.717, 1.165) is 29.3 Å². The highest BCUT2D eigenvalue weighted by Crippen LogP contribution is 2.49. The number of hydrogen-bond donors (Lipinski definition) is 1. The largest absolute Gasteiger partial charge is 0.493 e. The van der Waals surface area contributed by atoms with Crippen LogP contribution in [0.4, 0.5) is 0 Å². The average molecular weight is 369 g/mol. The first kappa shape index (κ1) is 15.7. The second-order valence-corrected chi connectivity index (χ2v) is 7.10. The number of carboxylic acids is 1. The van der Waals surface area contributed by atoms with Gasteiger partial charge in [0.25, 0.3) is 0 Å². The minimum Gasteiger partial charge on any atom is -0.493 e. The lowest BCUT2D eigenvalue weighted by molar-refractivity contribution is -0.147. The van der Waals surface area contributed by atoms with Gasteiger partial charge in [-0.3, -0.25) is 4.79 Å². The van der Waals surface area contributed by atoms with Gasteiger partial charge in [-0.05, 0) is 56.2 Å². The van der Waals surface area contributed by atoms with Crippen molar-refractivity contribution in [2.45, 2.75) is 56.5 Å². The standard InChI is InChI=1S/C17H21BrO4/c1-21-14-9-12(17(16(19)20)7-4-8-17)13(18)10-15(14)22-11-5-2-3-6-11/h9-11H,2-8H2,1H3,(H,19,20). The molecule has 0 bridgehead atoms. The zero-order valence-corrected chi connectivity index (χ0v) is 14.3. The van der Waals surface area contributed by atoms with Crippen LogP contribution in [0.15, 0.2) is 16.6 Å². The third-order valence-corrected chi connectivity index (χ3v) is 5.64. The Hall–Kier alpha value is -1.23. The van der Waals surface area contributed by atoms with E-state index in [0.29, 0.717) is 24.3 Å². The van der Waals surface area contributed by atoms with Crippen molar-refractivity contribution in [1.82, 2.24) is 0 Å². The monoisotopic (exact) mass is 368 g/mol. The van der Waals surface area contributed by atoms with E-state index in [2.05, 4.69) is 15.9 Å². The number of ether oxygens (including phenoxy) is 2. The highest BCUT2D eigenvalue weighted by molar-refractivity contribution is 9.10. The van der Waals surface area contributed by atoms with Crippen molar-refractivity contribution in [3.8, 4) is 11.5 Å². The van der Waals surface area contributed by atoms with Gasteiger partial charge in [0.1, 0.15) is 0 Å². The fourth-order valence-corrected chi connectivity index (χ4v) is 4.17. The summed E-state index contributed by atoms with van der Waals surface area (Å²) in [6.45, 7) is 0. The van der Waals surface area contributed by atoms with Gasteiger partial charge >= 0.3 is 5.97 Å². The Bertz CT molecular complexity index is 574. The molecule has 0 unspecified atom stereocenters. The maximum absolute atomic E-state index is 11.7. The maximum Gasteiger partial charge on any atom is 0.314 e. The normalized spacial score (nSPS) is 20.5. The van der Waals surface area contributed by atoms with Crippen molar-refractivity contribution in [2.75, 3.05) is 7.11 Å². The molecule has 0 heterocycles. The van der Waals surface area contributed by atoms with Gasteiger partial charge < -0.3 is 14.6 Å². The number of methoxy groups -OCH3 is 1. The van der Waals surface area contributed by atoms with E-state index in [4.69, 9.17) is 9.47 Å². The van der Waals surface area contributed by atoms with Gasteiger partial charge in [-0.25, -0.2) is 0 Å². The first-order valence-corrected chi connectivity index (χ1v) is 8.64. The van der Waals surface area contributed by atoms with Crippen LogP contribution >= 0.6 is 15.9 Å². The number of rotatable bonds is 5. The van der Waals surface area contributed by atoms with Crippen LogP contribution in [0.1, 0.15) is 50.5 Å². The molecule has 22 heavy (non-hydrogen) atoms. The molecule has 2 aliphatic rings. The minimum absolute atomic E-state index is 0.240. The summed E-state index contributed by atoms with van der Waals surface area (Å²) in [4.78, 5) is 11.7. The zero-order chi connectivity index (χ0) is 15.7. The van der Waals surface area contributed by atoms with Crippen LogP contribution < -0.4 is 9.47 Å². The molecule has 0 amide bonds. The van der Waals surface area contributed by atoms with Crippen LogP contribution in [0.3, 0.4) is 0 Å². The van der Waals surface area contributed by atoms with Crippen molar-refractivity contribution in [2.24, 2.45) is 0 Å². The van der Waals surface area contributed by atoms with E-state index in [1.807, 2.05) is 12.1 Å². The average Bonchev–Trinajstić information content (AvgIpc) is 2.92. The Balaban J connectivity index is 1.94. The topological polar surface area (TPSA) is 55.8 Å². The molecular formula is C17H21BrO4. The minimum atomic E-state index is -0.780. The number of aliphatic carboxylic acids is 1. The van der Waals surface area contributed by atoms with E-state index in [9.17, 15) is 9.90 Å². The Morgan fingerprint density at radius 1 is 1.23 bits per heavy atom. The van der Waals surface area contributed by atoms with Crippen molar-refractivity contribution in [3.63, 3.8) is 0 Å². The van der Waals surface area contributed by atoms with Gasteiger partial charge in [0.15, 0.2) is 11.5 Å². The van der Waals surface area contributed by atoms with Crippen LogP contribution in [0.25, 0.3) is 0 Å². The second kappa shape index (κ2) is 6.11. The molecule has 0 aliphatic heterocycles. The first-order chi connectivity index (χ1) is 10.6. The van der Waals surface area contributed by atoms with Gasteiger partial charge in [0, 0.05) is 4.47 Å². The zero-order valence-electron chi connectivity index (χ0n) is 12.7. The van der Waals surface area contributed by atoms with Crippen molar-refractivity contribution in [3.05, 3.63) is 22.2 Å². The third kappa shape index (κ3) is 2.60. The molecule has 1 aromatic rings. The lowest BCUT2D eigenvalue weighted by Gasteiger charge is -2.39. The van der Waals surface area contributed by atoms with Crippen molar-refractivity contribution >= 4 is 21.9 Å². The van der Waals surface area contributed by atoms with Crippen LogP contribution in [0, 0.1) is 0 Å². The lowest BCUT2D eigenvalue weighted by atomic mass is 9.64. The fourth-order valence-electron chi connectivity index (χ4n) is 3.47. The number of halogens is 1. The Morgan fingerprint density at radius 2 is 1.91 bits per heavy atom. The number of carbonyl (C=O) groups is 1. The fraction of sp³-hybridized carbons (Fsp3) is 0.588. The van der Waals surface area contributed by atoms with E-state index >= 15 is 0 Å². The molecule has 0 saturated heterocycles. The smallest absolute Gasteiger partial charge is 0.314 e. The molecule has 0 spiro atoms. The molecule has 0 aromatic heterocycles. The summed E-state index contributed by atoms with van der Waals surface area (Å²) >= 11 is 3.54. The molecule has 1 aromatic carbocycles. The predicted octanol–water partition coefficient (Wildman–Crippen LogP) is 4.29. The molecule has 2 saturated carbocycles.